The molecule has 4 unspecified atom stereocenters. The maximum Gasteiger partial charge on any atom is 0.331 e. The molecule has 1 fully saturated rings. The van der Waals surface area contributed by atoms with Crippen molar-refractivity contribution in [2.45, 2.75) is 57.6 Å². The number of methoxy groups -OCH3 is 1. The first-order chi connectivity index (χ1) is 12.5. The van der Waals surface area contributed by atoms with Crippen LogP contribution in [0.1, 0.15) is 56.2 Å². The minimum atomic E-state index is -1.21. The first-order valence-corrected chi connectivity index (χ1v) is 9.48. The molecule has 26 heavy (non-hydrogen) atoms. The summed E-state index contributed by atoms with van der Waals surface area (Å²) in [5.41, 5.74) is 7.67. The van der Waals surface area contributed by atoms with Gasteiger partial charge in [0.05, 0.1) is 24.3 Å². The van der Waals surface area contributed by atoms with Gasteiger partial charge < -0.3 is 15.2 Å². The number of fused-ring (bicyclic) bond motifs is 1. The van der Waals surface area contributed by atoms with Gasteiger partial charge in [-0.25, -0.2) is 4.79 Å². The van der Waals surface area contributed by atoms with Gasteiger partial charge in [0.2, 0.25) is 0 Å². The molecule has 2 aliphatic carbocycles. The lowest BCUT2D eigenvalue weighted by Gasteiger charge is -2.49. The summed E-state index contributed by atoms with van der Waals surface area (Å²) in [6.07, 6.45) is 4.46. The van der Waals surface area contributed by atoms with Crippen LogP contribution in [-0.4, -0.2) is 25.8 Å². The van der Waals surface area contributed by atoms with E-state index in [1.165, 1.54) is 0 Å². The molecule has 2 N–H and O–H groups in total. The number of hydrogen-bond donors (Lipinski definition) is 1. The van der Waals surface area contributed by atoms with Crippen LogP contribution in [0.4, 0.5) is 0 Å². The monoisotopic (exact) mass is 356 g/mol. The Morgan fingerprint density at radius 3 is 2.81 bits per heavy atom. The van der Waals surface area contributed by atoms with Gasteiger partial charge in [0.25, 0.3) is 0 Å². The second-order valence-electron chi connectivity index (χ2n) is 7.65. The van der Waals surface area contributed by atoms with Crippen molar-refractivity contribution < 1.29 is 14.3 Å². The van der Waals surface area contributed by atoms with E-state index < -0.39 is 5.54 Å². The molecule has 5 nitrogen and oxygen atoms in total. The summed E-state index contributed by atoms with van der Waals surface area (Å²) in [7, 11) is 1.76. The van der Waals surface area contributed by atoms with E-state index in [0.717, 1.165) is 43.2 Å². The summed E-state index contributed by atoms with van der Waals surface area (Å²) in [4.78, 5) is 13.1. The highest BCUT2D eigenvalue weighted by atomic mass is 16.5. The van der Waals surface area contributed by atoms with Crippen LogP contribution < -0.4 is 5.73 Å². The van der Waals surface area contributed by atoms with Crippen molar-refractivity contribution in [1.29, 1.82) is 5.26 Å². The van der Waals surface area contributed by atoms with Crippen LogP contribution in [0.2, 0.25) is 0 Å². The molecule has 0 radical (unpaired) electrons. The molecule has 0 bridgehead atoms. The molecule has 0 amide bonds. The van der Waals surface area contributed by atoms with Crippen molar-refractivity contribution in [3.63, 3.8) is 0 Å². The molecular weight excluding hydrogens is 328 g/mol. The van der Waals surface area contributed by atoms with E-state index in [4.69, 9.17) is 15.2 Å². The number of benzene rings is 1. The Balaban J connectivity index is 2.11. The average Bonchev–Trinajstić information content (AvgIpc) is 2.90. The van der Waals surface area contributed by atoms with E-state index in [0.29, 0.717) is 18.1 Å². The van der Waals surface area contributed by atoms with Crippen molar-refractivity contribution in [1.82, 2.24) is 0 Å². The Morgan fingerprint density at radius 2 is 2.19 bits per heavy atom. The van der Waals surface area contributed by atoms with Gasteiger partial charge in [-0.1, -0.05) is 19.4 Å². The Bertz CT molecular complexity index is 741. The average molecular weight is 356 g/mol. The van der Waals surface area contributed by atoms with Gasteiger partial charge in [0, 0.05) is 12.5 Å². The van der Waals surface area contributed by atoms with Crippen LogP contribution in [0, 0.1) is 22.7 Å². The van der Waals surface area contributed by atoms with Gasteiger partial charge in [-0.3, -0.25) is 0 Å². The van der Waals surface area contributed by atoms with Crippen LogP contribution in [0.15, 0.2) is 18.2 Å². The van der Waals surface area contributed by atoms with Crippen LogP contribution in [0.5, 0.6) is 0 Å². The Morgan fingerprint density at radius 1 is 1.42 bits per heavy atom. The largest absolute Gasteiger partial charge is 0.464 e. The Hall–Kier alpha value is -1.90. The molecule has 2 aliphatic rings. The molecule has 0 aromatic heterocycles. The van der Waals surface area contributed by atoms with Crippen molar-refractivity contribution in [3.05, 3.63) is 34.9 Å². The standard InChI is InChI=1S/C21H28N2O3/c1-4-15-11-20(9-8-18(15)25-3)12-16-7-6-14(13-22)10-17(16)21(20,23)19(24)26-5-2/h6-7,10,15,18H,4-5,8-9,11-12,23H2,1-3H3. The SMILES string of the molecule is CCOC(=O)C1(N)c2cc(C#N)ccc2CC12CCC(OC)C(CC)C2. The van der Waals surface area contributed by atoms with Crippen molar-refractivity contribution >= 4 is 5.97 Å². The summed E-state index contributed by atoms with van der Waals surface area (Å²) in [6, 6.07) is 7.71. The van der Waals surface area contributed by atoms with E-state index in [1.54, 1.807) is 20.1 Å². The molecule has 140 valence electrons. The van der Waals surface area contributed by atoms with E-state index in [2.05, 4.69) is 13.0 Å². The zero-order valence-electron chi connectivity index (χ0n) is 15.9. The normalized spacial score (nSPS) is 32.9. The molecule has 1 aromatic carbocycles. The molecule has 0 aliphatic heterocycles. The maximum atomic E-state index is 13.1. The lowest BCUT2D eigenvalue weighted by molar-refractivity contribution is -0.159. The number of hydrogen-bond acceptors (Lipinski definition) is 5. The van der Waals surface area contributed by atoms with E-state index in [-0.39, 0.29) is 17.5 Å². The third-order valence-electron chi connectivity index (χ3n) is 6.54. The first kappa shape index (κ1) is 18.9. The zero-order valence-corrected chi connectivity index (χ0v) is 15.9. The number of nitriles is 1. The number of carbonyl (C=O) groups excluding carboxylic acids is 1. The van der Waals surface area contributed by atoms with E-state index >= 15 is 0 Å². The van der Waals surface area contributed by atoms with Crippen LogP contribution in [0.25, 0.3) is 0 Å². The molecule has 5 heteroatoms. The van der Waals surface area contributed by atoms with Gasteiger partial charge in [-0.15, -0.1) is 0 Å². The fraction of sp³-hybridized carbons (Fsp3) is 0.619. The first-order valence-electron chi connectivity index (χ1n) is 9.48. The fourth-order valence-electron chi connectivity index (χ4n) is 5.15. The van der Waals surface area contributed by atoms with Crippen LogP contribution >= 0.6 is 0 Å². The highest BCUT2D eigenvalue weighted by Gasteiger charge is 2.62. The molecule has 4 atom stereocenters. The third-order valence-corrected chi connectivity index (χ3v) is 6.54. The second kappa shape index (κ2) is 7.02. The van der Waals surface area contributed by atoms with Crippen molar-refractivity contribution in [2.75, 3.05) is 13.7 Å². The highest BCUT2D eigenvalue weighted by molar-refractivity contribution is 5.86. The molecule has 3 rings (SSSR count). The minimum absolute atomic E-state index is 0.204. The molecular formula is C21H28N2O3. The van der Waals surface area contributed by atoms with Gasteiger partial charge in [0.1, 0.15) is 5.54 Å². The third kappa shape index (κ3) is 2.64. The van der Waals surface area contributed by atoms with Gasteiger partial charge in [-0.05, 0) is 61.8 Å². The van der Waals surface area contributed by atoms with Crippen molar-refractivity contribution in [3.8, 4) is 6.07 Å². The predicted molar refractivity (Wildman–Crippen MR) is 98.2 cm³/mol. The molecule has 0 saturated heterocycles. The summed E-state index contributed by atoms with van der Waals surface area (Å²) >= 11 is 0. The summed E-state index contributed by atoms with van der Waals surface area (Å²) in [5.74, 6) is -0.0181. The van der Waals surface area contributed by atoms with Gasteiger partial charge in [-0.2, -0.15) is 5.26 Å². The quantitative estimate of drug-likeness (QED) is 0.838. The summed E-state index contributed by atoms with van der Waals surface area (Å²) in [6.45, 7) is 4.25. The number of nitrogens with two attached hydrogens (primary N) is 1. The number of rotatable bonds is 4. The highest BCUT2D eigenvalue weighted by Crippen LogP contribution is 2.58. The summed E-state index contributed by atoms with van der Waals surface area (Å²) in [5, 5.41) is 9.31. The molecule has 1 aromatic rings. The molecule has 1 spiro atoms. The topological polar surface area (TPSA) is 85.3 Å². The number of carbonyl (C=O) groups is 1. The Labute approximate surface area is 155 Å². The number of esters is 1. The second-order valence-corrected chi connectivity index (χ2v) is 7.65. The van der Waals surface area contributed by atoms with Gasteiger partial charge >= 0.3 is 5.97 Å². The van der Waals surface area contributed by atoms with Crippen LogP contribution in [-0.2, 0) is 26.2 Å². The fourth-order valence-corrected chi connectivity index (χ4v) is 5.15. The predicted octanol–water partition coefficient (Wildman–Crippen LogP) is 3.04. The number of nitrogens with zero attached hydrogens (tertiary/aromatic N) is 1. The number of ether oxygens (including phenoxy) is 2. The molecule has 1 saturated carbocycles. The van der Waals surface area contributed by atoms with E-state index in [1.807, 2.05) is 12.1 Å². The van der Waals surface area contributed by atoms with Crippen molar-refractivity contribution in [2.24, 2.45) is 17.1 Å². The van der Waals surface area contributed by atoms with Crippen LogP contribution in [0.3, 0.4) is 0 Å². The zero-order chi connectivity index (χ0) is 18.9. The molecule has 0 heterocycles. The lowest BCUT2D eigenvalue weighted by atomic mass is 9.58. The lowest BCUT2D eigenvalue weighted by Crippen LogP contribution is -2.59. The minimum Gasteiger partial charge on any atom is -0.464 e. The van der Waals surface area contributed by atoms with E-state index in [9.17, 15) is 10.1 Å². The maximum absolute atomic E-state index is 13.1. The Kier molecular flexibility index (Phi) is 5.09. The summed E-state index contributed by atoms with van der Waals surface area (Å²) < 4.78 is 11.1. The van der Waals surface area contributed by atoms with Gasteiger partial charge in [0.15, 0.2) is 0 Å². The smallest absolute Gasteiger partial charge is 0.331 e.